The lowest BCUT2D eigenvalue weighted by Crippen LogP contribution is -2.51. The highest BCUT2D eigenvalue weighted by Crippen LogP contribution is 2.25. The van der Waals surface area contributed by atoms with E-state index in [0.29, 0.717) is 18.6 Å². The molecule has 146 valence electrons. The summed E-state index contributed by atoms with van der Waals surface area (Å²) < 4.78 is 33.1. The topological polar surface area (TPSA) is 79.8 Å². The number of piperazine rings is 1. The van der Waals surface area contributed by atoms with Crippen LogP contribution in [0.25, 0.3) is 10.9 Å². The summed E-state index contributed by atoms with van der Waals surface area (Å²) in [5.41, 5.74) is 0.869. The zero-order valence-corrected chi connectivity index (χ0v) is 16.9. The van der Waals surface area contributed by atoms with E-state index in [1.807, 2.05) is 19.1 Å². The van der Waals surface area contributed by atoms with Crippen LogP contribution in [0.15, 0.2) is 35.4 Å². The Kier molecular flexibility index (Phi) is 5.14. The van der Waals surface area contributed by atoms with Gasteiger partial charge in [0.15, 0.2) is 0 Å². The van der Waals surface area contributed by atoms with Gasteiger partial charge in [-0.25, -0.2) is 13.2 Å². The van der Waals surface area contributed by atoms with Crippen molar-refractivity contribution in [1.82, 2.24) is 14.2 Å². The van der Waals surface area contributed by atoms with Gasteiger partial charge in [0.2, 0.25) is 10.0 Å². The molecule has 1 aliphatic heterocycles. The van der Waals surface area contributed by atoms with Crippen molar-refractivity contribution < 1.29 is 17.9 Å². The molecule has 0 aliphatic carbocycles. The van der Waals surface area contributed by atoms with Crippen molar-refractivity contribution in [3.8, 4) is 0 Å². The third-order valence-corrected chi connectivity index (χ3v) is 6.25. The minimum Gasteiger partial charge on any atom is -0.444 e. The highest BCUT2D eigenvalue weighted by Gasteiger charge is 2.33. The molecule has 1 fully saturated rings. The second-order valence-electron chi connectivity index (χ2n) is 7.71. The van der Waals surface area contributed by atoms with Crippen LogP contribution in [0.3, 0.4) is 0 Å². The molecule has 0 saturated carbocycles. The molecule has 2 aromatic rings. The first kappa shape index (κ1) is 19.6. The predicted molar refractivity (Wildman–Crippen MR) is 103 cm³/mol. The Morgan fingerprint density at radius 3 is 2.44 bits per heavy atom. The Morgan fingerprint density at radius 2 is 1.81 bits per heavy atom. The molecule has 8 heteroatoms. The lowest BCUT2D eigenvalue weighted by atomic mass is 10.2. The van der Waals surface area contributed by atoms with Crippen LogP contribution in [0, 0.1) is 6.92 Å². The van der Waals surface area contributed by atoms with Crippen molar-refractivity contribution in [3.05, 3.63) is 36.0 Å². The molecular weight excluding hydrogens is 366 g/mol. The van der Waals surface area contributed by atoms with Gasteiger partial charge >= 0.3 is 6.09 Å². The summed E-state index contributed by atoms with van der Waals surface area (Å²) in [5.74, 6) is 0. The fourth-order valence-corrected chi connectivity index (χ4v) is 4.62. The highest BCUT2D eigenvalue weighted by atomic mass is 32.2. The van der Waals surface area contributed by atoms with Gasteiger partial charge in [-0.3, -0.25) is 4.98 Å². The second-order valence-corrected chi connectivity index (χ2v) is 9.62. The average Bonchev–Trinajstić information content (AvgIpc) is 2.59. The molecule has 0 unspecified atom stereocenters. The van der Waals surface area contributed by atoms with Crippen LogP contribution >= 0.6 is 0 Å². The summed E-state index contributed by atoms with van der Waals surface area (Å²) in [4.78, 5) is 18.3. The van der Waals surface area contributed by atoms with E-state index in [-0.39, 0.29) is 18.0 Å². The molecule has 0 N–H and O–H groups in total. The predicted octanol–water partition coefficient (Wildman–Crippen LogP) is 2.78. The zero-order chi connectivity index (χ0) is 19.8. The van der Waals surface area contributed by atoms with Crippen molar-refractivity contribution >= 4 is 27.0 Å². The normalized spacial score (nSPS) is 16.5. The molecule has 2 heterocycles. The largest absolute Gasteiger partial charge is 0.444 e. The summed E-state index contributed by atoms with van der Waals surface area (Å²) in [6, 6.07) is 7.09. The molecular formula is C19H25N3O4S. The van der Waals surface area contributed by atoms with E-state index in [9.17, 15) is 13.2 Å². The SMILES string of the molecule is Cc1cnc2c(S(=O)(=O)N3CCN(C(=O)OC(C)(C)C)CC3)cccc2c1. The van der Waals surface area contributed by atoms with Crippen LogP contribution in [-0.4, -0.2) is 60.5 Å². The van der Waals surface area contributed by atoms with Gasteiger partial charge in [-0.1, -0.05) is 12.1 Å². The molecule has 0 spiro atoms. The van der Waals surface area contributed by atoms with Gasteiger partial charge in [0.05, 0.1) is 5.52 Å². The lowest BCUT2D eigenvalue weighted by Gasteiger charge is -2.35. The molecule has 0 bridgehead atoms. The van der Waals surface area contributed by atoms with Gasteiger partial charge in [0, 0.05) is 37.8 Å². The van der Waals surface area contributed by atoms with Gasteiger partial charge in [-0.15, -0.1) is 0 Å². The fourth-order valence-electron chi connectivity index (χ4n) is 3.03. The van der Waals surface area contributed by atoms with E-state index in [2.05, 4.69) is 4.98 Å². The van der Waals surface area contributed by atoms with Crippen LogP contribution in [-0.2, 0) is 14.8 Å². The summed E-state index contributed by atoms with van der Waals surface area (Å²) in [7, 11) is -3.69. The van der Waals surface area contributed by atoms with Crippen LogP contribution < -0.4 is 0 Å². The Morgan fingerprint density at radius 1 is 1.15 bits per heavy atom. The number of aryl methyl sites for hydroxylation is 1. The number of ether oxygens (including phenoxy) is 1. The van der Waals surface area contributed by atoms with E-state index in [1.54, 1.807) is 44.0 Å². The number of nitrogens with zero attached hydrogens (tertiary/aromatic N) is 3. The number of hydrogen-bond acceptors (Lipinski definition) is 5. The highest BCUT2D eigenvalue weighted by molar-refractivity contribution is 7.89. The van der Waals surface area contributed by atoms with Gasteiger partial charge in [-0.05, 0) is 45.4 Å². The maximum atomic E-state index is 13.1. The third-order valence-electron chi connectivity index (χ3n) is 4.32. The summed E-state index contributed by atoms with van der Waals surface area (Å²) >= 11 is 0. The smallest absolute Gasteiger partial charge is 0.410 e. The molecule has 1 aliphatic rings. The van der Waals surface area contributed by atoms with Gasteiger partial charge < -0.3 is 9.64 Å². The number of carbonyl (C=O) groups is 1. The molecule has 0 atom stereocenters. The van der Waals surface area contributed by atoms with Gasteiger partial charge in [0.25, 0.3) is 0 Å². The van der Waals surface area contributed by atoms with Gasteiger partial charge in [0.1, 0.15) is 10.5 Å². The quantitative estimate of drug-likeness (QED) is 0.786. The molecule has 1 amide bonds. The Labute approximate surface area is 160 Å². The monoisotopic (exact) mass is 391 g/mol. The Bertz CT molecular complexity index is 959. The number of para-hydroxylation sites is 1. The number of aromatic nitrogens is 1. The van der Waals surface area contributed by atoms with E-state index >= 15 is 0 Å². The maximum Gasteiger partial charge on any atom is 0.410 e. The van der Waals surface area contributed by atoms with Crippen LogP contribution in [0.4, 0.5) is 4.79 Å². The number of carbonyl (C=O) groups excluding carboxylic acids is 1. The molecule has 3 rings (SSSR count). The lowest BCUT2D eigenvalue weighted by molar-refractivity contribution is 0.0192. The first-order chi connectivity index (χ1) is 12.6. The number of hydrogen-bond donors (Lipinski definition) is 0. The second kappa shape index (κ2) is 7.09. The van der Waals surface area contributed by atoms with E-state index < -0.39 is 21.7 Å². The van der Waals surface area contributed by atoms with Crippen molar-refractivity contribution in [1.29, 1.82) is 0 Å². The summed E-state index contributed by atoms with van der Waals surface area (Å²) in [6.07, 6.45) is 1.25. The van der Waals surface area contributed by atoms with E-state index in [1.165, 1.54) is 4.31 Å². The summed E-state index contributed by atoms with van der Waals surface area (Å²) in [6.45, 7) is 8.39. The molecule has 1 saturated heterocycles. The molecule has 0 radical (unpaired) electrons. The first-order valence-corrected chi connectivity index (χ1v) is 10.4. The minimum atomic E-state index is -3.69. The molecule has 27 heavy (non-hydrogen) atoms. The first-order valence-electron chi connectivity index (χ1n) is 8.91. The maximum absolute atomic E-state index is 13.1. The van der Waals surface area contributed by atoms with Crippen LogP contribution in [0.1, 0.15) is 26.3 Å². The summed E-state index contributed by atoms with van der Waals surface area (Å²) in [5, 5.41) is 0.795. The Balaban J connectivity index is 1.79. The van der Waals surface area contributed by atoms with Crippen LogP contribution in [0.2, 0.25) is 0 Å². The van der Waals surface area contributed by atoms with E-state index in [4.69, 9.17) is 4.74 Å². The van der Waals surface area contributed by atoms with Gasteiger partial charge in [-0.2, -0.15) is 4.31 Å². The van der Waals surface area contributed by atoms with Crippen molar-refractivity contribution in [3.63, 3.8) is 0 Å². The fraction of sp³-hybridized carbons (Fsp3) is 0.474. The van der Waals surface area contributed by atoms with Crippen molar-refractivity contribution in [2.45, 2.75) is 38.2 Å². The minimum absolute atomic E-state index is 0.200. The number of amides is 1. The van der Waals surface area contributed by atoms with Crippen molar-refractivity contribution in [2.75, 3.05) is 26.2 Å². The number of sulfonamides is 1. The van der Waals surface area contributed by atoms with E-state index in [0.717, 1.165) is 10.9 Å². The molecule has 1 aromatic heterocycles. The molecule has 7 nitrogen and oxygen atoms in total. The zero-order valence-electron chi connectivity index (χ0n) is 16.1. The average molecular weight is 391 g/mol. The standard InChI is InChI=1S/C19H25N3O4S/c1-14-12-15-6-5-7-16(17(15)20-13-14)27(24,25)22-10-8-21(9-11-22)18(23)26-19(2,3)4/h5-7,12-13H,8-11H2,1-4H3. The number of benzene rings is 1. The number of rotatable bonds is 2. The Hall–Kier alpha value is -2.19. The third kappa shape index (κ3) is 4.22. The molecule has 1 aromatic carbocycles. The van der Waals surface area contributed by atoms with Crippen molar-refractivity contribution in [2.24, 2.45) is 0 Å². The number of pyridine rings is 1. The number of fused-ring (bicyclic) bond motifs is 1. The van der Waals surface area contributed by atoms with Crippen LogP contribution in [0.5, 0.6) is 0 Å².